The van der Waals surface area contributed by atoms with Crippen molar-refractivity contribution < 1.29 is 14.6 Å². The number of hydrogen-bond donors (Lipinski definition) is 1. The van der Waals surface area contributed by atoms with Crippen LogP contribution in [0.4, 0.5) is 0 Å². The molecule has 1 N–H and O–H groups in total. The molecule has 0 unspecified atom stereocenters. The topological polar surface area (TPSA) is 90.5 Å². The smallest absolute Gasteiger partial charge is 0.332 e. The molecule has 27 heavy (non-hydrogen) atoms. The van der Waals surface area contributed by atoms with E-state index in [4.69, 9.17) is 9.84 Å². The number of thiophene rings is 1. The summed E-state index contributed by atoms with van der Waals surface area (Å²) < 4.78 is 7.49. The molecule has 8 heteroatoms. The molecule has 0 amide bonds. The first kappa shape index (κ1) is 19.1. The SMILES string of the molecule is COCc1sc2c(c1C)c(=O)n(CC(=O)O)c(=O)n2CCc1ccccc1. The maximum Gasteiger partial charge on any atom is 0.332 e. The highest BCUT2D eigenvalue weighted by molar-refractivity contribution is 7.18. The van der Waals surface area contributed by atoms with Crippen molar-refractivity contribution in [2.45, 2.75) is 33.0 Å². The van der Waals surface area contributed by atoms with Gasteiger partial charge in [0.15, 0.2) is 0 Å². The van der Waals surface area contributed by atoms with Gasteiger partial charge in [0, 0.05) is 18.5 Å². The van der Waals surface area contributed by atoms with E-state index in [1.807, 2.05) is 30.3 Å². The lowest BCUT2D eigenvalue weighted by molar-refractivity contribution is -0.137. The molecule has 2 heterocycles. The van der Waals surface area contributed by atoms with E-state index < -0.39 is 23.8 Å². The Morgan fingerprint density at radius 2 is 1.89 bits per heavy atom. The van der Waals surface area contributed by atoms with Crippen molar-refractivity contribution in [2.24, 2.45) is 0 Å². The average molecular weight is 388 g/mol. The predicted octanol–water partition coefficient (Wildman–Crippen LogP) is 2.01. The van der Waals surface area contributed by atoms with Crippen molar-refractivity contribution in [3.8, 4) is 0 Å². The van der Waals surface area contributed by atoms with Gasteiger partial charge in [-0.2, -0.15) is 0 Å². The zero-order valence-corrected chi connectivity index (χ0v) is 15.9. The van der Waals surface area contributed by atoms with Crippen LogP contribution in [0.1, 0.15) is 16.0 Å². The van der Waals surface area contributed by atoms with E-state index in [0.717, 1.165) is 20.6 Å². The first-order chi connectivity index (χ1) is 12.9. The molecule has 0 aliphatic carbocycles. The molecule has 0 aliphatic heterocycles. The van der Waals surface area contributed by atoms with Gasteiger partial charge in [0.1, 0.15) is 11.4 Å². The third kappa shape index (κ3) is 3.72. The summed E-state index contributed by atoms with van der Waals surface area (Å²) in [5.41, 5.74) is 0.619. The van der Waals surface area contributed by atoms with Crippen LogP contribution in [0.5, 0.6) is 0 Å². The van der Waals surface area contributed by atoms with Gasteiger partial charge >= 0.3 is 11.7 Å². The molecule has 0 spiro atoms. The Hall–Kier alpha value is -2.71. The summed E-state index contributed by atoms with van der Waals surface area (Å²) in [5, 5.41) is 9.51. The number of aliphatic carboxylic acids is 1. The van der Waals surface area contributed by atoms with E-state index in [1.54, 1.807) is 14.0 Å². The normalized spacial score (nSPS) is 11.2. The van der Waals surface area contributed by atoms with Crippen LogP contribution in [0.15, 0.2) is 39.9 Å². The van der Waals surface area contributed by atoms with Crippen LogP contribution >= 0.6 is 11.3 Å². The summed E-state index contributed by atoms with van der Waals surface area (Å²) in [6, 6.07) is 9.69. The lowest BCUT2D eigenvalue weighted by Gasteiger charge is -2.11. The Bertz CT molecular complexity index is 1100. The first-order valence-corrected chi connectivity index (χ1v) is 9.26. The van der Waals surface area contributed by atoms with Gasteiger partial charge in [-0.15, -0.1) is 11.3 Å². The van der Waals surface area contributed by atoms with Crippen molar-refractivity contribution in [3.05, 3.63) is 67.2 Å². The van der Waals surface area contributed by atoms with Gasteiger partial charge < -0.3 is 9.84 Å². The van der Waals surface area contributed by atoms with Gasteiger partial charge in [0.2, 0.25) is 0 Å². The zero-order valence-electron chi connectivity index (χ0n) is 15.1. The minimum Gasteiger partial charge on any atom is -0.480 e. The monoisotopic (exact) mass is 388 g/mol. The second-order valence-electron chi connectivity index (χ2n) is 6.22. The van der Waals surface area contributed by atoms with Gasteiger partial charge in [0.25, 0.3) is 5.56 Å². The number of ether oxygens (including phenoxy) is 1. The molecule has 0 saturated heterocycles. The fourth-order valence-electron chi connectivity index (χ4n) is 3.07. The summed E-state index contributed by atoms with van der Waals surface area (Å²) in [6.07, 6.45) is 0.595. The van der Waals surface area contributed by atoms with Gasteiger partial charge in [-0.3, -0.25) is 14.2 Å². The lowest BCUT2D eigenvalue weighted by Crippen LogP contribution is -2.41. The number of carboxylic acids is 1. The van der Waals surface area contributed by atoms with Crippen molar-refractivity contribution in [3.63, 3.8) is 0 Å². The molecule has 0 bridgehead atoms. The van der Waals surface area contributed by atoms with Crippen LogP contribution in [0, 0.1) is 6.92 Å². The summed E-state index contributed by atoms with van der Waals surface area (Å²) >= 11 is 1.34. The van der Waals surface area contributed by atoms with Crippen molar-refractivity contribution in [1.29, 1.82) is 0 Å². The van der Waals surface area contributed by atoms with Gasteiger partial charge in [0.05, 0.1) is 12.0 Å². The molecule has 142 valence electrons. The van der Waals surface area contributed by atoms with E-state index >= 15 is 0 Å². The average Bonchev–Trinajstić information content (AvgIpc) is 2.96. The Labute approximate surface area is 159 Å². The number of hydrogen-bond acceptors (Lipinski definition) is 5. The molecule has 1 aromatic carbocycles. The molecule has 3 rings (SSSR count). The number of carboxylic acid groups (broad SMARTS) is 1. The van der Waals surface area contributed by atoms with Gasteiger partial charge in [-0.1, -0.05) is 30.3 Å². The third-order valence-corrected chi connectivity index (χ3v) is 5.72. The fraction of sp³-hybridized carbons (Fsp3) is 0.316. The van der Waals surface area contributed by atoms with Crippen LogP contribution in [-0.4, -0.2) is 27.3 Å². The second-order valence-corrected chi connectivity index (χ2v) is 7.30. The Morgan fingerprint density at radius 1 is 1.19 bits per heavy atom. The van der Waals surface area contributed by atoms with Crippen molar-refractivity contribution in [2.75, 3.05) is 7.11 Å². The number of fused-ring (bicyclic) bond motifs is 1. The number of benzene rings is 1. The van der Waals surface area contributed by atoms with Crippen molar-refractivity contribution in [1.82, 2.24) is 9.13 Å². The largest absolute Gasteiger partial charge is 0.480 e. The zero-order chi connectivity index (χ0) is 19.6. The van der Waals surface area contributed by atoms with Gasteiger partial charge in [-0.05, 0) is 24.5 Å². The number of methoxy groups -OCH3 is 1. The third-order valence-electron chi connectivity index (χ3n) is 4.43. The lowest BCUT2D eigenvalue weighted by atomic mass is 10.1. The van der Waals surface area contributed by atoms with E-state index in [-0.39, 0.29) is 0 Å². The van der Waals surface area contributed by atoms with Crippen LogP contribution in [0.2, 0.25) is 0 Å². The number of nitrogens with zero attached hydrogens (tertiary/aromatic N) is 2. The second kappa shape index (κ2) is 7.89. The standard InChI is InChI=1S/C19H20N2O5S/c1-12-14(11-26-2)27-18-16(12)17(24)21(10-15(22)23)19(25)20(18)9-8-13-6-4-3-5-7-13/h3-7H,8-11H2,1-2H3,(H,22,23). The van der Waals surface area contributed by atoms with Crippen LogP contribution in [0.3, 0.4) is 0 Å². The number of aromatic nitrogens is 2. The van der Waals surface area contributed by atoms with E-state index in [2.05, 4.69) is 0 Å². The maximum atomic E-state index is 12.9. The number of carbonyl (C=O) groups is 1. The molecule has 3 aromatic rings. The molecule has 0 aliphatic rings. The summed E-state index contributed by atoms with van der Waals surface area (Å²) in [7, 11) is 1.56. The molecule has 0 saturated carbocycles. The minimum absolute atomic E-state index is 0.330. The van der Waals surface area contributed by atoms with Crippen LogP contribution in [0.25, 0.3) is 10.2 Å². The summed E-state index contributed by atoms with van der Waals surface area (Å²) in [4.78, 5) is 38.3. The Balaban J connectivity index is 2.19. The minimum atomic E-state index is -1.23. The highest BCUT2D eigenvalue weighted by atomic mass is 32.1. The Kier molecular flexibility index (Phi) is 5.57. The molecule has 7 nitrogen and oxygen atoms in total. The van der Waals surface area contributed by atoms with E-state index in [9.17, 15) is 14.4 Å². The first-order valence-electron chi connectivity index (χ1n) is 8.44. The van der Waals surface area contributed by atoms with E-state index in [1.165, 1.54) is 15.9 Å². The van der Waals surface area contributed by atoms with Crippen molar-refractivity contribution >= 4 is 27.5 Å². The molecular formula is C19H20N2O5S. The quantitative estimate of drug-likeness (QED) is 0.669. The molecular weight excluding hydrogens is 368 g/mol. The number of aryl methyl sites for hydroxylation is 3. The summed E-state index contributed by atoms with van der Waals surface area (Å²) in [6.45, 7) is 1.82. The highest BCUT2D eigenvalue weighted by Crippen LogP contribution is 2.28. The molecule has 0 fully saturated rings. The molecule has 2 aromatic heterocycles. The number of rotatable bonds is 7. The predicted molar refractivity (Wildman–Crippen MR) is 104 cm³/mol. The van der Waals surface area contributed by atoms with E-state index in [0.29, 0.717) is 29.8 Å². The fourth-order valence-corrected chi connectivity index (χ4v) is 4.35. The molecule has 0 atom stereocenters. The molecule has 0 radical (unpaired) electrons. The van der Waals surface area contributed by atoms with Crippen LogP contribution in [-0.2, 0) is 35.6 Å². The Morgan fingerprint density at radius 3 is 2.52 bits per heavy atom. The van der Waals surface area contributed by atoms with Crippen LogP contribution < -0.4 is 11.2 Å². The van der Waals surface area contributed by atoms with Gasteiger partial charge in [-0.25, -0.2) is 9.36 Å². The summed E-state index contributed by atoms with van der Waals surface area (Å²) in [5.74, 6) is -1.23. The highest BCUT2D eigenvalue weighted by Gasteiger charge is 2.20. The maximum absolute atomic E-state index is 12.9.